The highest BCUT2D eigenvalue weighted by molar-refractivity contribution is 5.85. The molecule has 0 fully saturated rings. The molecule has 0 saturated carbocycles. The van der Waals surface area contributed by atoms with Gasteiger partial charge in [0, 0.05) is 5.56 Å². The van der Waals surface area contributed by atoms with Crippen LogP contribution in [0.4, 0.5) is 0 Å². The number of hydrogen-bond donors (Lipinski definition) is 4. The first-order chi connectivity index (χ1) is 8.19. The number of rotatable bonds is 4. The van der Waals surface area contributed by atoms with E-state index in [1.54, 1.807) is 29.8 Å². The second-order valence-corrected chi connectivity index (χ2v) is 3.19. The molecule has 90 valence electrons. The number of benzene rings is 1. The molecule has 0 atom stereocenters. The third-order valence-corrected chi connectivity index (χ3v) is 1.99. The van der Waals surface area contributed by atoms with Gasteiger partial charge in [-0.1, -0.05) is 18.2 Å². The van der Waals surface area contributed by atoms with Crippen molar-refractivity contribution in [3.63, 3.8) is 0 Å². The van der Waals surface area contributed by atoms with Crippen LogP contribution in [0.25, 0.3) is 0 Å². The molecule has 0 saturated heterocycles. The van der Waals surface area contributed by atoms with Crippen LogP contribution in [0.3, 0.4) is 0 Å². The van der Waals surface area contributed by atoms with Gasteiger partial charge < -0.3 is 10.8 Å². The number of nitrogens with one attached hydrogen (secondary N) is 1. The minimum absolute atomic E-state index is 0.127. The second kappa shape index (κ2) is 6.29. The fourth-order valence-corrected chi connectivity index (χ4v) is 1.21. The minimum Gasteiger partial charge on any atom is -0.507 e. The Morgan fingerprint density at radius 3 is 2.94 bits per heavy atom. The lowest BCUT2D eigenvalue weighted by atomic mass is 10.1. The molecule has 0 aromatic heterocycles. The van der Waals surface area contributed by atoms with Gasteiger partial charge in [0.15, 0.2) is 0 Å². The molecule has 0 heterocycles. The molecule has 0 spiro atoms. The van der Waals surface area contributed by atoms with Crippen molar-refractivity contribution in [2.75, 3.05) is 0 Å². The van der Waals surface area contributed by atoms with Crippen LogP contribution < -0.4 is 11.2 Å². The second-order valence-electron chi connectivity index (χ2n) is 3.19. The average Bonchev–Trinajstić information content (AvgIpc) is 2.33. The summed E-state index contributed by atoms with van der Waals surface area (Å²) in [5.41, 5.74) is 8.05. The molecule has 1 aromatic carbocycles. The molecule has 0 aliphatic heterocycles. The Labute approximate surface area is 98.8 Å². The largest absolute Gasteiger partial charge is 0.507 e. The van der Waals surface area contributed by atoms with Crippen LogP contribution >= 0.6 is 0 Å². The quantitative estimate of drug-likeness (QED) is 0.267. The summed E-state index contributed by atoms with van der Waals surface area (Å²) < 4.78 is 0. The highest BCUT2D eigenvalue weighted by Crippen LogP contribution is 2.21. The average molecular weight is 234 g/mol. The summed E-state index contributed by atoms with van der Waals surface area (Å²) in [6.45, 7) is 3.60. The van der Waals surface area contributed by atoms with Gasteiger partial charge in [0.2, 0.25) is 5.96 Å². The van der Waals surface area contributed by atoms with Crippen LogP contribution in [0.2, 0.25) is 0 Å². The van der Waals surface area contributed by atoms with Crippen molar-refractivity contribution >= 4 is 12.2 Å². The van der Waals surface area contributed by atoms with Gasteiger partial charge >= 0.3 is 0 Å². The maximum absolute atomic E-state index is 9.86. The van der Waals surface area contributed by atoms with Crippen molar-refractivity contribution in [1.29, 1.82) is 0 Å². The number of hydroxylamine groups is 1. The summed E-state index contributed by atoms with van der Waals surface area (Å²) in [6, 6.07) is 5.27. The van der Waals surface area contributed by atoms with Crippen LogP contribution in [0, 0.1) is 0 Å². The zero-order valence-corrected chi connectivity index (χ0v) is 9.17. The van der Waals surface area contributed by atoms with Gasteiger partial charge in [-0.05, 0) is 18.1 Å². The van der Waals surface area contributed by atoms with Gasteiger partial charge in [-0.15, -0.1) is 11.7 Å². The molecule has 6 nitrogen and oxygen atoms in total. The van der Waals surface area contributed by atoms with E-state index in [1.165, 1.54) is 6.21 Å². The Bertz CT molecular complexity index is 455. The number of para-hydroxylation sites is 1. The standard InChI is InChI=1S/C11H14N4O2/c1-2-4-8-5-3-6-9(10(8)16)7-13-14-11(12)15-17/h2-3,5-7,16-17H,1,4H2,(H3,12,14,15). The number of phenolic OH excluding ortho intramolecular Hbond substituents is 1. The van der Waals surface area contributed by atoms with Gasteiger partial charge in [-0.25, -0.2) is 5.48 Å². The number of aromatic hydroxyl groups is 1. The molecular formula is C11H14N4O2. The fraction of sp³-hybridized carbons (Fsp3) is 0.0909. The predicted octanol–water partition coefficient (Wildman–Crippen LogP) is 0.748. The lowest BCUT2D eigenvalue weighted by Gasteiger charge is -2.03. The van der Waals surface area contributed by atoms with Crippen molar-refractivity contribution in [2.24, 2.45) is 15.9 Å². The fourth-order valence-electron chi connectivity index (χ4n) is 1.21. The first-order valence-electron chi connectivity index (χ1n) is 4.87. The Kier molecular flexibility index (Phi) is 4.71. The highest BCUT2D eigenvalue weighted by atomic mass is 16.5. The third-order valence-electron chi connectivity index (χ3n) is 1.99. The van der Waals surface area contributed by atoms with Crippen molar-refractivity contribution in [3.05, 3.63) is 42.0 Å². The lowest BCUT2D eigenvalue weighted by Crippen LogP contribution is -2.27. The van der Waals surface area contributed by atoms with E-state index in [9.17, 15) is 5.11 Å². The van der Waals surface area contributed by atoms with Crippen LogP contribution in [-0.2, 0) is 6.42 Å². The van der Waals surface area contributed by atoms with Crippen LogP contribution in [0.1, 0.15) is 11.1 Å². The summed E-state index contributed by atoms with van der Waals surface area (Å²) in [4.78, 5) is 0. The maximum Gasteiger partial charge on any atom is 0.237 e. The molecule has 0 amide bonds. The number of phenols is 1. The topological polar surface area (TPSA) is 103 Å². The SMILES string of the molecule is C=CCc1cccc(C=N/N=C(\N)NO)c1O. The van der Waals surface area contributed by atoms with Crippen molar-refractivity contribution < 1.29 is 10.3 Å². The van der Waals surface area contributed by atoms with Gasteiger partial charge in [-0.2, -0.15) is 5.10 Å². The van der Waals surface area contributed by atoms with E-state index in [-0.39, 0.29) is 11.7 Å². The van der Waals surface area contributed by atoms with Crippen LogP contribution in [0.15, 0.2) is 41.1 Å². The molecular weight excluding hydrogens is 220 g/mol. The normalized spacial score (nSPS) is 11.7. The summed E-state index contributed by atoms with van der Waals surface area (Å²) in [5, 5.41) is 25.2. The Morgan fingerprint density at radius 1 is 1.53 bits per heavy atom. The molecule has 5 N–H and O–H groups in total. The van der Waals surface area contributed by atoms with Crippen molar-refractivity contribution in [2.45, 2.75) is 6.42 Å². The summed E-state index contributed by atoms with van der Waals surface area (Å²) in [5.74, 6) is -0.107. The maximum atomic E-state index is 9.86. The zero-order valence-electron chi connectivity index (χ0n) is 9.17. The first-order valence-corrected chi connectivity index (χ1v) is 4.87. The molecule has 0 radical (unpaired) electrons. The Hall–Kier alpha value is -2.34. The highest BCUT2D eigenvalue weighted by Gasteiger charge is 2.03. The van der Waals surface area contributed by atoms with Gasteiger partial charge in [-0.3, -0.25) is 5.21 Å². The molecule has 0 aliphatic rings. The van der Waals surface area contributed by atoms with Crippen LogP contribution in [-0.4, -0.2) is 22.5 Å². The molecule has 0 bridgehead atoms. The van der Waals surface area contributed by atoms with Gasteiger partial charge in [0.25, 0.3) is 0 Å². The zero-order chi connectivity index (χ0) is 12.7. The molecule has 1 rings (SSSR count). The van der Waals surface area contributed by atoms with Gasteiger partial charge in [0.05, 0.1) is 6.21 Å². The van der Waals surface area contributed by atoms with Crippen LogP contribution in [0.5, 0.6) is 5.75 Å². The smallest absolute Gasteiger partial charge is 0.237 e. The van der Waals surface area contributed by atoms with E-state index >= 15 is 0 Å². The van der Waals surface area contributed by atoms with E-state index in [1.807, 2.05) is 0 Å². The number of nitrogens with zero attached hydrogens (tertiary/aromatic N) is 2. The third kappa shape index (κ3) is 3.62. The molecule has 0 aliphatic carbocycles. The number of nitrogens with two attached hydrogens (primary N) is 1. The minimum atomic E-state index is -0.233. The van der Waals surface area contributed by atoms with Crippen molar-refractivity contribution in [3.8, 4) is 5.75 Å². The molecule has 17 heavy (non-hydrogen) atoms. The van der Waals surface area contributed by atoms with E-state index in [4.69, 9.17) is 10.9 Å². The summed E-state index contributed by atoms with van der Waals surface area (Å²) in [7, 11) is 0. The van der Waals surface area contributed by atoms with E-state index in [0.717, 1.165) is 5.56 Å². The van der Waals surface area contributed by atoms with Gasteiger partial charge in [0.1, 0.15) is 5.75 Å². The molecule has 6 heteroatoms. The van der Waals surface area contributed by atoms with E-state index in [2.05, 4.69) is 16.8 Å². The molecule has 1 aromatic rings. The summed E-state index contributed by atoms with van der Waals surface area (Å²) >= 11 is 0. The number of allylic oxidation sites excluding steroid dienone is 1. The Balaban J connectivity index is 2.92. The number of guanidine groups is 1. The van der Waals surface area contributed by atoms with E-state index < -0.39 is 0 Å². The monoisotopic (exact) mass is 234 g/mol. The summed E-state index contributed by atoms with van der Waals surface area (Å²) in [6.07, 6.45) is 3.60. The van der Waals surface area contributed by atoms with Crippen molar-refractivity contribution in [1.82, 2.24) is 5.48 Å². The lowest BCUT2D eigenvalue weighted by molar-refractivity contribution is 0.232. The van der Waals surface area contributed by atoms with E-state index in [0.29, 0.717) is 12.0 Å². The Morgan fingerprint density at radius 2 is 2.29 bits per heavy atom. The first kappa shape index (κ1) is 12.7. The number of hydrogen-bond acceptors (Lipinski definition) is 4. The predicted molar refractivity (Wildman–Crippen MR) is 66.1 cm³/mol. The molecule has 0 unspecified atom stereocenters.